The van der Waals surface area contributed by atoms with Gasteiger partial charge in [-0.15, -0.1) is 0 Å². The van der Waals surface area contributed by atoms with Crippen molar-refractivity contribution in [3.63, 3.8) is 0 Å². The number of ether oxygens (including phenoxy) is 1. The van der Waals surface area contributed by atoms with Crippen molar-refractivity contribution in [2.24, 2.45) is 0 Å². The third-order valence-corrected chi connectivity index (χ3v) is 1.83. The zero-order valence-electron chi connectivity index (χ0n) is 7.86. The number of hydrogen-bond donors (Lipinski definition) is 1. The first-order valence-electron chi connectivity index (χ1n) is 4.33. The molecule has 71 valence electrons. The van der Waals surface area contributed by atoms with Gasteiger partial charge in [0, 0.05) is 0 Å². The van der Waals surface area contributed by atoms with Gasteiger partial charge in [0.2, 0.25) is 0 Å². The summed E-state index contributed by atoms with van der Waals surface area (Å²) in [5.74, 6) is 0.774. The van der Waals surface area contributed by atoms with Crippen molar-refractivity contribution in [3.8, 4) is 5.75 Å². The van der Waals surface area contributed by atoms with Crippen LogP contribution in [0.4, 0.5) is 0 Å². The van der Waals surface area contributed by atoms with Crippen molar-refractivity contribution < 1.29 is 9.84 Å². The first-order valence-corrected chi connectivity index (χ1v) is 4.33. The minimum atomic E-state index is -0.837. The van der Waals surface area contributed by atoms with Crippen LogP contribution in [0.25, 0.3) is 0 Å². The Morgan fingerprint density at radius 2 is 2.00 bits per heavy atom. The largest absolute Gasteiger partial charge is 0.491 e. The lowest BCUT2D eigenvalue weighted by Gasteiger charge is -2.21. The van der Waals surface area contributed by atoms with Crippen LogP contribution in [0.2, 0.25) is 0 Å². The van der Waals surface area contributed by atoms with Crippen molar-refractivity contribution in [1.82, 2.24) is 0 Å². The molecule has 0 saturated heterocycles. The van der Waals surface area contributed by atoms with Crippen LogP contribution in [-0.2, 0) is 0 Å². The molecule has 0 fully saturated rings. The lowest BCUT2D eigenvalue weighted by molar-refractivity contribution is 0.0137. The third-order valence-electron chi connectivity index (χ3n) is 1.83. The molecule has 0 aliphatic rings. The Labute approximate surface area is 79.2 Å². The second kappa shape index (κ2) is 4.28. The fourth-order valence-electron chi connectivity index (χ4n) is 0.828. The highest BCUT2D eigenvalue weighted by molar-refractivity contribution is 5.21. The summed E-state index contributed by atoms with van der Waals surface area (Å²) >= 11 is 0. The van der Waals surface area contributed by atoms with E-state index in [0.29, 0.717) is 6.42 Å². The van der Waals surface area contributed by atoms with Crippen LogP contribution in [0.5, 0.6) is 5.75 Å². The van der Waals surface area contributed by atoms with E-state index in [2.05, 4.69) is 6.92 Å². The SMILES string of the molecule is [CH2]CC(C)(O)COc1ccccc1. The van der Waals surface area contributed by atoms with Gasteiger partial charge in [0.25, 0.3) is 0 Å². The monoisotopic (exact) mass is 179 g/mol. The van der Waals surface area contributed by atoms with Crippen LogP contribution in [0.1, 0.15) is 13.3 Å². The molecule has 1 unspecified atom stereocenters. The van der Waals surface area contributed by atoms with E-state index in [1.807, 2.05) is 30.3 Å². The second-order valence-corrected chi connectivity index (χ2v) is 3.35. The average molecular weight is 179 g/mol. The number of aliphatic hydroxyl groups is 1. The second-order valence-electron chi connectivity index (χ2n) is 3.35. The Bertz CT molecular complexity index is 242. The minimum absolute atomic E-state index is 0.278. The minimum Gasteiger partial charge on any atom is -0.491 e. The summed E-state index contributed by atoms with van der Waals surface area (Å²) in [6, 6.07) is 9.44. The molecule has 1 atom stereocenters. The van der Waals surface area contributed by atoms with Gasteiger partial charge in [-0.05, 0) is 25.5 Å². The molecule has 0 aromatic heterocycles. The van der Waals surface area contributed by atoms with Gasteiger partial charge >= 0.3 is 0 Å². The molecule has 1 radical (unpaired) electrons. The molecule has 1 aromatic carbocycles. The van der Waals surface area contributed by atoms with E-state index in [1.54, 1.807) is 6.92 Å². The smallest absolute Gasteiger partial charge is 0.119 e. The Hall–Kier alpha value is -1.02. The van der Waals surface area contributed by atoms with Gasteiger partial charge in [0.15, 0.2) is 0 Å². The lowest BCUT2D eigenvalue weighted by atomic mass is 10.1. The Morgan fingerprint density at radius 3 is 2.54 bits per heavy atom. The van der Waals surface area contributed by atoms with Crippen LogP contribution in [0, 0.1) is 6.92 Å². The summed E-state index contributed by atoms with van der Waals surface area (Å²) in [4.78, 5) is 0. The first-order chi connectivity index (χ1) is 6.14. The van der Waals surface area contributed by atoms with Gasteiger partial charge in [-0.3, -0.25) is 0 Å². The molecule has 0 bridgehead atoms. The fourth-order valence-corrected chi connectivity index (χ4v) is 0.828. The van der Waals surface area contributed by atoms with Gasteiger partial charge in [0.05, 0.1) is 5.60 Å². The molecule has 0 aliphatic heterocycles. The zero-order chi connectivity index (χ0) is 9.73. The maximum Gasteiger partial charge on any atom is 0.119 e. The molecule has 1 aromatic rings. The Morgan fingerprint density at radius 1 is 1.38 bits per heavy atom. The molecule has 1 N–H and O–H groups in total. The summed E-state index contributed by atoms with van der Waals surface area (Å²) in [7, 11) is 0. The Balaban J connectivity index is 2.44. The molecular formula is C11H15O2. The van der Waals surface area contributed by atoms with E-state index in [0.717, 1.165) is 5.75 Å². The summed E-state index contributed by atoms with van der Waals surface area (Å²) < 4.78 is 5.37. The standard InChI is InChI=1S/C11H15O2/c1-3-11(2,12)9-13-10-7-5-4-6-8-10/h4-8,12H,1,3,9H2,2H3. The normalized spacial score (nSPS) is 15.0. The summed E-state index contributed by atoms with van der Waals surface area (Å²) in [6.07, 6.45) is 0.444. The summed E-state index contributed by atoms with van der Waals surface area (Å²) in [5.41, 5.74) is -0.837. The molecule has 0 aliphatic carbocycles. The average Bonchev–Trinajstić information content (AvgIpc) is 2.17. The Kier molecular flexibility index (Phi) is 3.32. The van der Waals surface area contributed by atoms with Gasteiger partial charge < -0.3 is 9.84 Å². The number of rotatable bonds is 4. The van der Waals surface area contributed by atoms with Crippen LogP contribution >= 0.6 is 0 Å². The number of benzene rings is 1. The molecule has 2 heteroatoms. The highest BCUT2D eigenvalue weighted by Crippen LogP contribution is 2.13. The molecule has 0 heterocycles. The van der Waals surface area contributed by atoms with Crippen LogP contribution in [0.15, 0.2) is 30.3 Å². The molecule has 0 amide bonds. The predicted octanol–water partition coefficient (Wildman–Crippen LogP) is 2.04. The summed E-state index contributed by atoms with van der Waals surface area (Å²) in [5, 5.41) is 9.60. The molecule has 13 heavy (non-hydrogen) atoms. The molecular weight excluding hydrogens is 164 g/mol. The van der Waals surface area contributed by atoms with Crippen molar-refractivity contribution in [2.75, 3.05) is 6.61 Å². The quantitative estimate of drug-likeness (QED) is 0.766. The highest BCUT2D eigenvalue weighted by Gasteiger charge is 2.18. The molecule has 0 spiro atoms. The van der Waals surface area contributed by atoms with Crippen LogP contribution in [-0.4, -0.2) is 17.3 Å². The fraction of sp³-hybridized carbons (Fsp3) is 0.364. The van der Waals surface area contributed by atoms with Crippen LogP contribution in [0.3, 0.4) is 0 Å². The number of para-hydroxylation sites is 1. The van der Waals surface area contributed by atoms with Crippen molar-refractivity contribution in [3.05, 3.63) is 37.3 Å². The van der Waals surface area contributed by atoms with Gasteiger partial charge in [0.1, 0.15) is 12.4 Å². The maximum atomic E-state index is 9.60. The maximum absolute atomic E-state index is 9.60. The van der Waals surface area contributed by atoms with Crippen LogP contribution < -0.4 is 4.74 Å². The van der Waals surface area contributed by atoms with Gasteiger partial charge in [-0.2, -0.15) is 0 Å². The summed E-state index contributed by atoms with van der Waals surface area (Å²) in [6.45, 7) is 5.63. The predicted molar refractivity (Wildman–Crippen MR) is 52.5 cm³/mol. The topological polar surface area (TPSA) is 29.5 Å². The van der Waals surface area contributed by atoms with Crippen molar-refractivity contribution in [1.29, 1.82) is 0 Å². The zero-order valence-corrected chi connectivity index (χ0v) is 7.86. The van der Waals surface area contributed by atoms with E-state index in [4.69, 9.17) is 4.74 Å². The number of hydrogen-bond acceptors (Lipinski definition) is 2. The van der Waals surface area contributed by atoms with E-state index in [9.17, 15) is 5.11 Å². The van der Waals surface area contributed by atoms with Crippen molar-refractivity contribution >= 4 is 0 Å². The lowest BCUT2D eigenvalue weighted by Crippen LogP contribution is -2.31. The van der Waals surface area contributed by atoms with E-state index in [-0.39, 0.29) is 6.61 Å². The van der Waals surface area contributed by atoms with Crippen molar-refractivity contribution in [2.45, 2.75) is 18.9 Å². The van der Waals surface area contributed by atoms with Gasteiger partial charge in [-0.25, -0.2) is 0 Å². The first kappa shape index (κ1) is 10.1. The third kappa shape index (κ3) is 3.47. The van der Waals surface area contributed by atoms with Gasteiger partial charge in [-0.1, -0.05) is 25.1 Å². The molecule has 0 saturated carbocycles. The molecule has 1 rings (SSSR count). The van der Waals surface area contributed by atoms with E-state index < -0.39 is 5.60 Å². The van der Waals surface area contributed by atoms with E-state index >= 15 is 0 Å². The molecule has 2 nitrogen and oxygen atoms in total. The van der Waals surface area contributed by atoms with E-state index in [1.165, 1.54) is 0 Å². The highest BCUT2D eigenvalue weighted by atomic mass is 16.5.